The molecule has 0 aliphatic heterocycles. The molecule has 0 aromatic rings. The van der Waals surface area contributed by atoms with Gasteiger partial charge in [-0.25, -0.2) is 0 Å². The van der Waals surface area contributed by atoms with Gasteiger partial charge in [-0.05, 0) is 51.4 Å². The molecule has 2 atom stereocenters. The van der Waals surface area contributed by atoms with Gasteiger partial charge in [-0.2, -0.15) is 0 Å². The lowest BCUT2D eigenvalue weighted by atomic mass is 9.79. The topological polar surface area (TPSA) is 0 Å². The van der Waals surface area contributed by atoms with Crippen LogP contribution in [0.3, 0.4) is 0 Å². The molecule has 1 saturated carbocycles. The van der Waals surface area contributed by atoms with E-state index in [1.54, 1.807) is 11.1 Å². The van der Waals surface area contributed by atoms with Gasteiger partial charge < -0.3 is 0 Å². The number of hydrogen-bond acceptors (Lipinski definition) is 0. The van der Waals surface area contributed by atoms with E-state index < -0.39 is 0 Å². The molecule has 0 unspecified atom stereocenters. The van der Waals surface area contributed by atoms with Gasteiger partial charge in [-0.3, -0.25) is 0 Å². The molecule has 2 rings (SSSR count). The van der Waals surface area contributed by atoms with E-state index in [4.69, 9.17) is 0 Å². The van der Waals surface area contributed by atoms with E-state index in [2.05, 4.69) is 13.8 Å². The van der Waals surface area contributed by atoms with Crippen LogP contribution in [0.25, 0.3) is 0 Å². The van der Waals surface area contributed by atoms with Gasteiger partial charge in [0, 0.05) is 0 Å². The minimum Gasteiger partial charge on any atom is -0.0741 e. The first-order valence-electron chi connectivity index (χ1n) is 4.92. The summed E-state index contributed by atoms with van der Waals surface area (Å²) in [6.45, 7) is 4.65. The normalized spacial score (nSPS) is 37.6. The zero-order chi connectivity index (χ0) is 7.84. The summed E-state index contributed by atoms with van der Waals surface area (Å²) < 4.78 is 0. The van der Waals surface area contributed by atoms with Crippen molar-refractivity contribution in [2.24, 2.45) is 11.8 Å². The highest BCUT2D eigenvalue weighted by molar-refractivity contribution is 5.16. The standard InChI is InChI=1S/C11H18/c1-8-6-10-4-3-5-11(10)7-9(8)2/h10-11H,3-7H2,1-2H3/t10-,11-/m0/s1. The van der Waals surface area contributed by atoms with Crippen molar-refractivity contribution < 1.29 is 0 Å². The van der Waals surface area contributed by atoms with E-state index in [-0.39, 0.29) is 0 Å². The number of hydrogen-bond donors (Lipinski definition) is 0. The lowest BCUT2D eigenvalue weighted by Crippen LogP contribution is -2.14. The highest BCUT2D eigenvalue weighted by Crippen LogP contribution is 2.43. The smallest absolute Gasteiger partial charge is 0.0289 e. The van der Waals surface area contributed by atoms with Gasteiger partial charge in [0.2, 0.25) is 0 Å². The van der Waals surface area contributed by atoms with Crippen molar-refractivity contribution in [3.05, 3.63) is 11.1 Å². The van der Waals surface area contributed by atoms with Gasteiger partial charge in [0.25, 0.3) is 0 Å². The third-order valence-corrected chi connectivity index (χ3v) is 3.68. The SMILES string of the molecule is CC1=C(C)C[C@@H]2CCC[C@H]2C1. The Kier molecular flexibility index (Phi) is 1.78. The second-order valence-electron chi connectivity index (χ2n) is 4.42. The fourth-order valence-corrected chi connectivity index (χ4v) is 2.79. The summed E-state index contributed by atoms with van der Waals surface area (Å²) in [7, 11) is 0. The van der Waals surface area contributed by atoms with Gasteiger partial charge in [-0.1, -0.05) is 17.6 Å². The average molecular weight is 150 g/mol. The molecule has 2 aliphatic rings. The molecule has 0 heterocycles. The molecule has 0 nitrogen and oxygen atoms in total. The fourth-order valence-electron chi connectivity index (χ4n) is 2.79. The van der Waals surface area contributed by atoms with E-state index in [0.29, 0.717) is 0 Å². The van der Waals surface area contributed by atoms with E-state index in [9.17, 15) is 0 Å². The Balaban J connectivity index is 2.14. The molecule has 11 heavy (non-hydrogen) atoms. The predicted molar refractivity (Wildman–Crippen MR) is 48.4 cm³/mol. The molecule has 0 bridgehead atoms. The zero-order valence-corrected chi connectivity index (χ0v) is 7.69. The highest BCUT2D eigenvalue weighted by Gasteiger charge is 2.30. The molecule has 0 aromatic heterocycles. The Hall–Kier alpha value is -0.260. The van der Waals surface area contributed by atoms with Crippen LogP contribution in [0.1, 0.15) is 46.0 Å². The molecule has 1 fully saturated rings. The third kappa shape index (κ3) is 1.23. The van der Waals surface area contributed by atoms with Crippen LogP contribution >= 0.6 is 0 Å². The van der Waals surface area contributed by atoms with Gasteiger partial charge in [0.1, 0.15) is 0 Å². The van der Waals surface area contributed by atoms with Crippen molar-refractivity contribution >= 4 is 0 Å². The van der Waals surface area contributed by atoms with E-state index in [1.807, 2.05) is 0 Å². The van der Waals surface area contributed by atoms with Crippen LogP contribution in [0.5, 0.6) is 0 Å². The molecule has 2 aliphatic carbocycles. The lowest BCUT2D eigenvalue weighted by molar-refractivity contribution is 0.359. The van der Waals surface area contributed by atoms with Gasteiger partial charge in [-0.15, -0.1) is 0 Å². The predicted octanol–water partition coefficient (Wildman–Crippen LogP) is 3.53. The monoisotopic (exact) mass is 150 g/mol. The highest BCUT2D eigenvalue weighted by atomic mass is 14.4. The molecule has 62 valence electrons. The maximum atomic E-state index is 2.32. The molecular weight excluding hydrogens is 132 g/mol. The number of rotatable bonds is 0. The second-order valence-corrected chi connectivity index (χ2v) is 4.42. The molecule has 0 aromatic carbocycles. The summed E-state index contributed by atoms with van der Waals surface area (Å²) >= 11 is 0. The first kappa shape index (κ1) is 7.39. The van der Waals surface area contributed by atoms with Gasteiger partial charge >= 0.3 is 0 Å². The van der Waals surface area contributed by atoms with Crippen molar-refractivity contribution in [1.29, 1.82) is 0 Å². The number of allylic oxidation sites excluding steroid dienone is 2. The quantitative estimate of drug-likeness (QED) is 0.463. The van der Waals surface area contributed by atoms with Crippen molar-refractivity contribution in [2.75, 3.05) is 0 Å². The van der Waals surface area contributed by atoms with Crippen molar-refractivity contribution in [1.82, 2.24) is 0 Å². The van der Waals surface area contributed by atoms with Crippen LogP contribution in [0.2, 0.25) is 0 Å². The van der Waals surface area contributed by atoms with Crippen molar-refractivity contribution in [3.8, 4) is 0 Å². The summed E-state index contributed by atoms with van der Waals surface area (Å²) in [5, 5.41) is 0. The Morgan fingerprint density at radius 2 is 1.36 bits per heavy atom. The summed E-state index contributed by atoms with van der Waals surface area (Å²) in [6.07, 6.45) is 7.34. The molecular formula is C11H18. The first-order chi connectivity index (χ1) is 5.27. The van der Waals surface area contributed by atoms with Crippen LogP contribution in [-0.4, -0.2) is 0 Å². The first-order valence-corrected chi connectivity index (χ1v) is 4.92. The van der Waals surface area contributed by atoms with Crippen LogP contribution < -0.4 is 0 Å². The average Bonchev–Trinajstić information content (AvgIpc) is 2.36. The Bertz CT molecular complexity index is 168. The molecule has 0 saturated heterocycles. The summed E-state index contributed by atoms with van der Waals surface area (Å²) in [5.41, 5.74) is 3.38. The number of fused-ring (bicyclic) bond motifs is 1. The van der Waals surface area contributed by atoms with Crippen LogP contribution in [0.15, 0.2) is 11.1 Å². The lowest BCUT2D eigenvalue weighted by Gasteiger charge is -2.27. The summed E-state index contributed by atoms with van der Waals surface area (Å²) in [6, 6.07) is 0. The largest absolute Gasteiger partial charge is 0.0741 e. The third-order valence-electron chi connectivity index (χ3n) is 3.68. The Labute approximate surface area is 69.7 Å². The molecule has 0 amide bonds. The Morgan fingerprint density at radius 3 is 1.82 bits per heavy atom. The molecule has 0 radical (unpaired) electrons. The second kappa shape index (κ2) is 2.66. The van der Waals surface area contributed by atoms with Crippen molar-refractivity contribution in [2.45, 2.75) is 46.0 Å². The van der Waals surface area contributed by atoms with Gasteiger partial charge in [0.15, 0.2) is 0 Å². The fraction of sp³-hybridized carbons (Fsp3) is 0.818. The van der Waals surface area contributed by atoms with Gasteiger partial charge in [0.05, 0.1) is 0 Å². The zero-order valence-electron chi connectivity index (χ0n) is 7.69. The minimum absolute atomic E-state index is 1.07. The van der Waals surface area contributed by atoms with E-state index >= 15 is 0 Å². The van der Waals surface area contributed by atoms with Crippen LogP contribution in [0.4, 0.5) is 0 Å². The van der Waals surface area contributed by atoms with E-state index in [1.165, 1.54) is 32.1 Å². The molecule has 0 spiro atoms. The van der Waals surface area contributed by atoms with Crippen LogP contribution in [-0.2, 0) is 0 Å². The molecule has 0 heteroatoms. The van der Waals surface area contributed by atoms with Crippen molar-refractivity contribution in [3.63, 3.8) is 0 Å². The van der Waals surface area contributed by atoms with Crippen LogP contribution in [0, 0.1) is 11.8 Å². The molecule has 0 N–H and O–H groups in total. The minimum atomic E-state index is 1.07. The maximum Gasteiger partial charge on any atom is -0.0289 e. The summed E-state index contributed by atoms with van der Waals surface area (Å²) in [5.74, 6) is 2.14. The Morgan fingerprint density at radius 1 is 0.909 bits per heavy atom. The summed E-state index contributed by atoms with van der Waals surface area (Å²) in [4.78, 5) is 0. The maximum absolute atomic E-state index is 2.32. The van der Waals surface area contributed by atoms with E-state index in [0.717, 1.165) is 11.8 Å².